The molecule has 0 amide bonds. The predicted molar refractivity (Wildman–Crippen MR) is 52.0 cm³/mol. The highest BCUT2D eigenvalue weighted by Gasteiger charge is 2.07. The molecule has 2 aromatic rings. The van der Waals surface area contributed by atoms with E-state index in [1.165, 1.54) is 11.3 Å². The molecule has 0 fully saturated rings. The SMILES string of the molecule is O=C(c1ccncc1)c1ccsc1. The molecular formula is C10H7NOS. The summed E-state index contributed by atoms with van der Waals surface area (Å²) in [5, 5.41) is 3.75. The van der Waals surface area contributed by atoms with Crippen LogP contribution in [0.1, 0.15) is 15.9 Å². The minimum absolute atomic E-state index is 0.0589. The third kappa shape index (κ3) is 1.65. The van der Waals surface area contributed by atoms with Gasteiger partial charge in [0.25, 0.3) is 0 Å². The first-order chi connectivity index (χ1) is 6.38. The van der Waals surface area contributed by atoms with Crippen LogP contribution in [0.25, 0.3) is 0 Å². The van der Waals surface area contributed by atoms with E-state index < -0.39 is 0 Å². The van der Waals surface area contributed by atoms with Gasteiger partial charge in [0.15, 0.2) is 5.78 Å². The van der Waals surface area contributed by atoms with Gasteiger partial charge in [0.2, 0.25) is 0 Å². The molecule has 0 unspecified atom stereocenters. The van der Waals surface area contributed by atoms with Crippen LogP contribution in [0.5, 0.6) is 0 Å². The highest BCUT2D eigenvalue weighted by Crippen LogP contribution is 2.11. The lowest BCUT2D eigenvalue weighted by molar-refractivity contribution is 0.103. The third-order valence-corrected chi connectivity index (χ3v) is 2.41. The van der Waals surface area contributed by atoms with Gasteiger partial charge in [-0.1, -0.05) is 0 Å². The summed E-state index contributed by atoms with van der Waals surface area (Å²) in [6, 6.07) is 5.27. The fourth-order valence-electron chi connectivity index (χ4n) is 1.06. The molecule has 2 heterocycles. The summed E-state index contributed by atoms with van der Waals surface area (Å²) in [7, 11) is 0. The average molecular weight is 189 g/mol. The molecule has 3 heteroatoms. The van der Waals surface area contributed by atoms with Crippen LogP contribution in [0, 0.1) is 0 Å². The van der Waals surface area contributed by atoms with Crippen LogP contribution < -0.4 is 0 Å². The number of aromatic nitrogens is 1. The summed E-state index contributed by atoms with van der Waals surface area (Å²) in [5.41, 5.74) is 1.43. The Balaban J connectivity index is 2.34. The van der Waals surface area contributed by atoms with Gasteiger partial charge in [0.1, 0.15) is 0 Å². The first-order valence-electron chi connectivity index (χ1n) is 3.85. The monoisotopic (exact) mass is 189 g/mol. The Bertz CT molecular complexity index is 394. The lowest BCUT2D eigenvalue weighted by atomic mass is 10.1. The van der Waals surface area contributed by atoms with Gasteiger partial charge in [-0.2, -0.15) is 11.3 Å². The van der Waals surface area contributed by atoms with Gasteiger partial charge in [-0.25, -0.2) is 0 Å². The van der Waals surface area contributed by atoms with Gasteiger partial charge in [0.05, 0.1) is 0 Å². The van der Waals surface area contributed by atoms with E-state index in [-0.39, 0.29) is 5.78 Å². The quantitative estimate of drug-likeness (QED) is 0.679. The third-order valence-electron chi connectivity index (χ3n) is 1.73. The van der Waals surface area contributed by atoms with Crippen molar-refractivity contribution in [3.8, 4) is 0 Å². The minimum atomic E-state index is 0.0589. The maximum absolute atomic E-state index is 11.7. The van der Waals surface area contributed by atoms with E-state index >= 15 is 0 Å². The van der Waals surface area contributed by atoms with Crippen LogP contribution >= 0.6 is 11.3 Å². The molecule has 2 nitrogen and oxygen atoms in total. The number of hydrogen-bond donors (Lipinski definition) is 0. The molecular weight excluding hydrogens is 182 g/mol. The molecule has 64 valence electrons. The molecule has 0 atom stereocenters. The number of rotatable bonds is 2. The van der Waals surface area contributed by atoms with Crippen molar-refractivity contribution in [1.29, 1.82) is 0 Å². The predicted octanol–water partition coefficient (Wildman–Crippen LogP) is 2.37. The standard InChI is InChI=1S/C10H7NOS/c12-10(9-3-6-13-7-9)8-1-4-11-5-2-8/h1-7H. The van der Waals surface area contributed by atoms with Gasteiger partial charge in [-0.15, -0.1) is 0 Å². The highest BCUT2D eigenvalue weighted by molar-refractivity contribution is 7.08. The summed E-state index contributed by atoms with van der Waals surface area (Å²) in [6.07, 6.45) is 3.25. The van der Waals surface area contributed by atoms with Crippen LogP contribution in [0.15, 0.2) is 41.4 Å². The van der Waals surface area contributed by atoms with Crippen LogP contribution in [0.4, 0.5) is 0 Å². The number of thiophene rings is 1. The zero-order valence-electron chi connectivity index (χ0n) is 6.81. The Hall–Kier alpha value is -1.48. The molecule has 13 heavy (non-hydrogen) atoms. The molecule has 2 aromatic heterocycles. The van der Waals surface area contributed by atoms with Crippen LogP contribution in [-0.4, -0.2) is 10.8 Å². The Morgan fingerprint density at radius 3 is 2.54 bits per heavy atom. The van der Waals surface area contributed by atoms with E-state index in [1.54, 1.807) is 24.5 Å². The Morgan fingerprint density at radius 2 is 1.92 bits per heavy atom. The van der Waals surface area contributed by atoms with Gasteiger partial charge in [-0.3, -0.25) is 9.78 Å². The van der Waals surface area contributed by atoms with E-state index in [0.717, 1.165) is 5.56 Å². The van der Waals surface area contributed by atoms with E-state index in [2.05, 4.69) is 4.98 Å². The highest BCUT2D eigenvalue weighted by atomic mass is 32.1. The fourth-order valence-corrected chi connectivity index (χ4v) is 1.70. The largest absolute Gasteiger partial charge is 0.289 e. The maximum atomic E-state index is 11.7. The number of hydrogen-bond acceptors (Lipinski definition) is 3. The summed E-state index contributed by atoms with van der Waals surface area (Å²) in [4.78, 5) is 15.5. The van der Waals surface area contributed by atoms with Crippen LogP contribution in [0.2, 0.25) is 0 Å². The lowest BCUT2D eigenvalue weighted by Crippen LogP contribution is -1.98. The fraction of sp³-hybridized carbons (Fsp3) is 0. The van der Waals surface area contributed by atoms with Gasteiger partial charge in [-0.05, 0) is 23.6 Å². The van der Waals surface area contributed by atoms with Crippen molar-refractivity contribution < 1.29 is 4.79 Å². The average Bonchev–Trinajstić information content (AvgIpc) is 2.71. The summed E-state index contributed by atoms with van der Waals surface area (Å²) in [5.74, 6) is 0.0589. The van der Waals surface area contributed by atoms with Gasteiger partial charge in [0, 0.05) is 28.9 Å². The van der Waals surface area contributed by atoms with Crippen molar-refractivity contribution >= 4 is 17.1 Å². The van der Waals surface area contributed by atoms with E-state index in [4.69, 9.17) is 0 Å². The van der Waals surface area contributed by atoms with Crippen molar-refractivity contribution in [3.05, 3.63) is 52.5 Å². The molecule has 0 aliphatic carbocycles. The number of nitrogens with zero attached hydrogens (tertiary/aromatic N) is 1. The topological polar surface area (TPSA) is 30.0 Å². The van der Waals surface area contributed by atoms with Crippen molar-refractivity contribution in [3.63, 3.8) is 0 Å². The molecule has 0 saturated carbocycles. The van der Waals surface area contributed by atoms with Crippen LogP contribution in [0.3, 0.4) is 0 Å². The molecule has 0 aliphatic rings. The smallest absolute Gasteiger partial charge is 0.193 e. The van der Waals surface area contributed by atoms with Crippen molar-refractivity contribution in [2.75, 3.05) is 0 Å². The molecule has 0 aliphatic heterocycles. The first kappa shape index (κ1) is 8.13. The van der Waals surface area contributed by atoms with Gasteiger partial charge < -0.3 is 0 Å². The van der Waals surface area contributed by atoms with Crippen molar-refractivity contribution in [2.24, 2.45) is 0 Å². The number of pyridine rings is 1. The molecule has 0 N–H and O–H groups in total. The Kier molecular flexibility index (Phi) is 2.19. The molecule has 0 spiro atoms. The Morgan fingerprint density at radius 1 is 1.15 bits per heavy atom. The van der Waals surface area contributed by atoms with Crippen molar-refractivity contribution in [2.45, 2.75) is 0 Å². The first-order valence-corrected chi connectivity index (χ1v) is 4.79. The normalized spacial score (nSPS) is 9.85. The second-order valence-electron chi connectivity index (χ2n) is 2.58. The Labute approximate surface area is 79.9 Å². The van der Waals surface area contributed by atoms with E-state index in [0.29, 0.717) is 5.56 Å². The molecule has 0 saturated heterocycles. The molecule has 2 rings (SSSR count). The second-order valence-corrected chi connectivity index (χ2v) is 3.36. The number of ketones is 1. The van der Waals surface area contributed by atoms with E-state index in [1.807, 2.05) is 16.8 Å². The number of carbonyl (C=O) groups excluding carboxylic acids is 1. The lowest BCUT2D eigenvalue weighted by Gasteiger charge is -1.95. The molecule has 0 bridgehead atoms. The molecule has 0 aromatic carbocycles. The second kappa shape index (κ2) is 3.49. The zero-order chi connectivity index (χ0) is 9.10. The summed E-state index contributed by atoms with van der Waals surface area (Å²) < 4.78 is 0. The minimum Gasteiger partial charge on any atom is -0.289 e. The number of carbonyl (C=O) groups is 1. The molecule has 0 radical (unpaired) electrons. The maximum Gasteiger partial charge on any atom is 0.193 e. The van der Waals surface area contributed by atoms with Crippen LogP contribution in [-0.2, 0) is 0 Å². The van der Waals surface area contributed by atoms with Crippen molar-refractivity contribution in [1.82, 2.24) is 4.98 Å². The van der Waals surface area contributed by atoms with E-state index in [9.17, 15) is 4.79 Å². The summed E-state index contributed by atoms with van der Waals surface area (Å²) >= 11 is 1.53. The summed E-state index contributed by atoms with van der Waals surface area (Å²) in [6.45, 7) is 0. The van der Waals surface area contributed by atoms with Gasteiger partial charge >= 0.3 is 0 Å². The zero-order valence-corrected chi connectivity index (χ0v) is 7.62.